The van der Waals surface area contributed by atoms with E-state index in [9.17, 15) is 4.79 Å². The highest BCUT2D eigenvalue weighted by Gasteiger charge is 2.09. The van der Waals surface area contributed by atoms with Crippen LogP contribution in [0.5, 0.6) is 0 Å². The van der Waals surface area contributed by atoms with Crippen LogP contribution in [-0.4, -0.2) is 17.8 Å². The largest absolute Gasteiger partial charge is 0.405 e. The van der Waals surface area contributed by atoms with E-state index in [0.29, 0.717) is 12.1 Å². The minimum Gasteiger partial charge on any atom is -0.405 e. The molecule has 5 heteroatoms. The number of carbonyl (C=O) groups excluding carboxylic acids is 1. The summed E-state index contributed by atoms with van der Waals surface area (Å²) in [6.07, 6.45) is 8.34. The first-order chi connectivity index (χ1) is 15.4. The molecule has 0 spiro atoms. The van der Waals surface area contributed by atoms with Crippen molar-refractivity contribution in [2.45, 2.75) is 38.5 Å². The molecule has 0 saturated heterocycles. The molecular weight excluding hydrogens is 414 g/mol. The Morgan fingerprint density at radius 2 is 1.81 bits per heavy atom. The zero-order valence-corrected chi connectivity index (χ0v) is 20.4. The highest BCUT2D eigenvalue weighted by atomic mass is 32.1. The molecule has 0 unspecified atom stereocenters. The van der Waals surface area contributed by atoms with Crippen LogP contribution >= 0.6 is 12.6 Å². The molecule has 0 aliphatic heterocycles. The number of hydrogen-bond acceptors (Lipinski definition) is 4. The number of hydrogen-bond donors (Lipinski definition) is 4. The van der Waals surface area contributed by atoms with Crippen molar-refractivity contribution in [3.63, 3.8) is 0 Å². The van der Waals surface area contributed by atoms with E-state index in [2.05, 4.69) is 50.3 Å². The van der Waals surface area contributed by atoms with Crippen molar-refractivity contribution in [2.24, 2.45) is 5.73 Å². The number of H-pyrrole nitrogens is 1. The summed E-state index contributed by atoms with van der Waals surface area (Å²) >= 11 is 4.13. The molecular formula is C27H35N3OS. The van der Waals surface area contributed by atoms with Gasteiger partial charge in [-0.05, 0) is 55.1 Å². The highest BCUT2D eigenvalue weighted by Crippen LogP contribution is 2.21. The quantitative estimate of drug-likeness (QED) is 0.147. The molecule has 32 heavy (non-hydrogen) atoms. The Balaban J connectivity index is 0.000000384. The fourth-order valence-corrected chi connectivity index (χ4v) is 2.86. The van der Waals surface area contributed by atoms with E-state index >= 15 is 0 Å². The van der Waals surface area contributed by atoms with Gasteiger partial charge in [0.05, 0.1) is 5.69 Å². The molecule has 0 aliphatic carbocycles. The zero-order valence-electron chi connectivity index (χ0n) is 19.5. The lowest BCUT2D eigenvalue weighted by atomic mass is 10.1. The first-order valence-corrected chi connectivity index (χ1v) is 11.1. The summed E-state index contributed by atoms with van der Waals surface area (Å²) in [5.41, 5.74) is 10.2. The maximum absolute atomic E-state index is 11.9. The summed E-state index contributed by atoms with van der Waals surface area (Å²) in [4.78, 5) is 16.1. The van der Waals surface area contributed by atoms with E-state index in [1.807, 2.05) is 61.7 Å². The number of aromatic amines is 1. The molecule has 0 radical (unpaired) electrons. The van der Waals surface area contributed by atoms with Gasteiger partial charge in [-0.1, -0.05) is 56.2 Å². The third-order valence-electron chi connectivity index (χ3n) is 4.24. The summed E-state index contributed by atoms with van der Waals surface area (Å²) < 4.78 is 0. The maximum Gasteiger partial charge on any atom is 0.182 e. The number of benzene rings is 2. The zero-order chi connectivity index (χ0) is 23.9. The number of aromatic nitrogens is 1. The smallest absolute Gasteiger partial charge is 0.182 e. The topological polar surface area (TPSA) is 70.9 Å². The highest BCUT2D eigenvalue weighted by molar-refractivity contribution is 7.80. The Morgan fingerprint density at radius 3 is 2.34 bits per heavy atom. The second-order valence-electron chi connectivity index (χ2n) is 7.16. The van der Waals surface area contributed by atoms with E-state index in [1.54, 1.807) is 12.2 Å². The molecule has 1 heterocycles. The maximum atomic E-state index is 11.9. The van der Waals surface area contributed by atoms with Gasteiger partial charge in [0.2, 0.25) is 0 Å². The van der Waals surface area contributed by atoms with Gasteiger partial charge < -0.3 is 16.0 Å². The van der Waals surface area contributed by atoms with Crippen molar-refractivity contribution >= 4 is 35.0 Å². The number of rotatable bonds is 6. The third kappa shape index (κ3) is 8.90. The molecule has 0 fully saturated rings. The lowest BCUT2D eigenvalue weighted by Crippen LogP contribution is -2.04. The van der Waals surface area contributed by atoms with Gasteiger partial charge in [-0.25, -0.2) is 0 Å². The van der Waals surface area contributed by atoms with Crippen LogP contribution in [0.1, 0.15) is 48.3 Å². The monoisotopic (exact) mass is 449 g/mol. The molecule has 3 aromatic rings. The van der Waals surface area contributed by atoms with Crippen molar-refractivity contribution in [3.8, 4) is 0 Å². The Labute approximate surface area is 197 Å². The van der Waals surface area contributed by atoms with Crippen LogP contribution in [0.2, 0.25) is 0 Å². The number of allylic oxidation sites excluding steroid dienone is 3. The van der Waals surface area contributed by atoms with E-state index in [1.165, 1.54) is 18.2 Å². The first-order valence-electron chi connectivity index (χ1n) is 10.7. The lowest BCUT2D eigenvalue weighted by molar-refractivity contribution is 0.0992. The van der Waals surface area contributed by atoms with Crippen LogP contribution in [0.4, 0.5) is 0 Å². The minimum absolute atomic E-state index is 0.0400. The Hall–Kier alpha value is -3.18. The summed E-state index contributed by atoms with van der Waals surface area (Å²) in [6.45, 7) is 9.90. The number of fused-ring (bicyclic) bond motifs is 1. The van der Waals surface area contributed by atoms with E-state index in [0.717, 1.165) is 27.1 Å². The third-order valence-corrected chi connectivity index (χ3v) is 4.54. The predicted molar refractivity (Wildman–Crippen MR) is 142 cm³/mol. The van der Waals surface area contributed by atoms with Crippen LogP contribution in [0.3, 0.4) is 0 Å². The predicted octanol–water partition coefficient (Wildman–Crippen LogP) is 6.66. The van der Waals surface area contributed by atoms with Crippen molar-refractivity contribution in [1.29, 1.82) is 0 Å². The van der Waals surface area contributed by atoms with Crippen LogP contribution in [0.15, 0.2) is 84.4 Å². The number of nitrogens with two attached hydrogens (primary N) is 1. The molecule has 0 aliphatic rings. The van der Waals surface area contributed by atoms with Crippen molar-refractivity contribution in [2.75, 3.05) is 7.05 Å². The Bertz CT molecular complexity index is 1030. The van der Waals surface area contributed by atoms with E-state index < -0.39 is 0 Å². The molecule has 3 rings (SSSR count). The van der Waals surface area contributed by atoms with E-state index in [4.69, 9.17) is 5.73 Å². The number of ketones is 1. The van der Waals surface area contributed by atoms with Crippen LogP contribution in [0, 0.1) is 6.92 Å². The Morgan fingerprint density at radius 1 is 1.16 bits per heavy atom. The number of Topliss-reactive ketones (excluding diaryl/α,β-unsaturated/α-hetero) is 1. The van der Waals surface area contributed by atoms with Gasteiger partial charge in [-0.3, -0.25) is 4.79 Å². The number of carbonyl (C=O) groups is 1. The molecule has 0 amide bonds. The van der Waals surface area contributed by atoms with Gasteiger partial charge >= 0.3 is 0 Å². The molecule has 0 atom stereocenters. The fraction of sp³-hybridized carbons (Fsp3) is 0.222. The molecule has 0 saturated carbocycles. The van der Waals surface area contributed by atoms with Crippen LogP contribution < -0.4 is 11.1 Å². The Kier molecular flexibility index (Phi) is 12.4. The average molecular weight is 450 g/mol. The minimum atomic E-state index is 0.0400. The van der Waals surface area contributed by atoms with Gasteiger partial charge in [0, 0.05) is 35.0 Å². The fourth-order valence-electron chi connectivity index (χ4n) is 2.71. The molecule has 4 nitrogen and oxygen atoms in total. The lowest BCUT2D eigenvalue weighted by Gasteiger charge is -2.06. The van der Waals surface area contributed by atoms with Gasteiger partial charge in [-0.2, -0.15) is 0 Å². The summed E-state index contributed by atoms with van der Waals surface area (Å²) in [6, 6.07) is 15.9. The average Bonchev–Trinajstić information content (AvgIpc) is 3.21. The van der Waals surface area contributed by atoms with Gasteiger partial charge in [0.1, 0.15) is 0 Å². The number of nitrogens with one attached hydrogen (secondary N) is 2. The summed E-state index contributed by atoms with van der Waals surface area (Å²) in [5.74, 6) is 0.0400. The number of aryl methyl sites for hydroxylation is 1. The SMILES string of the molecule is C=CCC(=O)c1cc2ccc(/C(=C/C=C\N)NC)cc2[nH]1.CCC.Cc1ccc(S)cc1. The summed E-state index contributed by atoms with van der Waals surface area (Å²) in [5, 5.41) is 4.14. The number of thiol groups is 1. The van der Waals surface area contributed by atoms with Crippen molar-refractivity contribution in [1.82, 2.24) is 10.3 Å². The van der Waals surface area contributed by atoms with Gasteiger partial charge in [0.25, 0.3) is 0 Å². The molecule has 0 bridgehead atoms. The van der Waals surface area contributed by atoms with Crippen molar-refractivity contribution < 1.29 is 4.79 Å². The van der Waals surface area contributed by atoms with Gasteiger partial charge in [-0.15, -0.1) is 19.2 Å². The molecule has 2 aromatic carbocycles. The first kappa shape index (κ1) is 26.9. The normalized spacial score (nSPS) is 10.7. The second kappa shape index (κ2) is 14.8. The van der Waals surface area contributed by atoms with Gasteiger partial charge in [0.15, 0.2) is 5.78 Å². The van der Waals surface area contributed by atoms with Crippen molar-refractivity contribution in [3.05, 3.63) is 96.4 Å². The molecule has 170 valence electrons. The van der Waals surface area contributed by atoms with E-state index in [-0.39, 0.29) is 5.78 Å². The second-order valence-corrected chi connectivity index (χ2v) is 7.68. The summed E-state index contributed by atoms with van der Waals surface area (Å²) in [7, 11) is 1.86. The molecule has 4 N–H and O–H groups in total. The van der Waals surface area contributed by atoms with Crippen LogP contribution in [-0.2, 0) is 0 Å². The standard InChI is InChI=1S/C17H19N3O.C7H8S.C3H8/c1-3-5-17(21)16-11-13-8-7-12(10-15(13)20-16)14(19-2)6-4-9-18;1-6-2-4-7(8)5-3-6;1-3-2/h3-4,6-11,19-20H,1,5,18H2,2H3;2-5,8H,1H3;3H2,1-2H3/b9-4-,14-6-;;. The van der Waals surface area contributed by atoms with Crippen LogP contribution in [0.25, 0.3) is 16.6 Å². The molecule has 1 aromatic heterocycles.